The van der Waals surface area contributed by atoms with Crippen LogP contribution in [0.3, 0.4) is 0 Å². The van der Waals surface area contributed by atoms with Crippen molar-refractivity contribution < 1.29 is 13.5 Å². The molecule has 0 spiro atoms. The van der Waals surface area contributed by atoms with Gasteiger partial charge in [0.05, 0.1) is 12.4 Å². The molecule has 5 heteroatoms. The van der Waals surface area contributed by atoms with E-state index in [2.05, 4.69) is 5.32 Å². The van der Waals surface area contributed by atoms with E-state index in [0.717, 1.165) is 0 Å². The predicted molar refractivity (Wildman–Crippen MR) is 44.3 cm³/mol. The zero-order chi connectivity index (χ0) is 8.91. The standard InChI is InChI=1S/C6H15NO3S/c1-6(5-8)7-3-4-11(2,9)10/h6-8H,3-5H2,1-2H3. The van der Waals surface area contributed by atoms with Crippen LogP contribution in [0.1, 0.15) is 6.92 Å². The van der Waals surface area contributed by atoms with Crippen LogP contribution in [0.2, 0.25) is 0 Å². The van der Waals surface area contributed by atoms with E-state index in [-0.39, 0.29) is 18.4 Å². The lowest BCUT2D eigenvalue weighted by atomic mass is 10.4. The third-order valence-corrected chi connectivity index (χ3v) is 2.19. The molecule has 68 valence electrons. The van der Waals surface area contributed by atoms with Crippen molar-refractivity contribution in [2.75, 3.05) is 25.2 Å². The van der Waals surface area contributed by atoms with Crippen LogP contribution in [0.4, 0.5) is 0 Å². The van der Waals surface area contributed by atoms with E-state index < -0.39 is 9.84 Å². The average molecular weight is 181 g/mol. The zero-order valence-corrected chi connectivity index (χ0v) is 7.69. The molecular weight excluding hydrogens is 166 g/mol. The van der Waals surface area contributed by atoms with Gasteiger partial charge < -0.3 is 10.4 Å². The minimum Gasteiger partial charge on any atom is -0.395 e. The topological polar surface area (TPSA) is 66.4 Å². The number of hydrogen-bond acceptors (Lipinski definition) is 4. The molecule has 0 bridgehead atoms. The van der Waals surface area contributed by atoms with Gasteiger partial charge in [-0.2, -0.15) is 0 Å². The molecule has 0 aromatic rings. The largest absolute Gasteiger partial charge is 0.395 e. The van der Waals surface area contributed by atoms with Crippen molar-refractivity contribution in [3.8, 4) is 0 Å². The van der Waals surface area contributed by atoms with Crippen molar-refractivity contribution in [1.82, 2.24) is 5.32 Å². The highest BCUT2D eigenvalue weighted by Crippen LogP contribution is 1.82. The highest BCUT2D eigenvalue weighted by atomic mass is 32.2. The van der Waals surface area contributed by atoms with Gasteiger partial charge in [-0.15, -0.1) is 0 Å². The number of hydrogen-bond donors (Lipinski definition) is 2. The average Bonchev–Trinajstić information content (AvgIpc) is 1.85. The molecule has 1 unspecified atom stereocenters. The fourth-order valence-corrected chi connectivity index (χ4v) is 1.04. The summed E-state index contributed by atoms with van der Waals surface area (Å²) < 4.78 is 21.2. The van der Waals surface area contributed by atoms with Crippen molar-refractivity contribution in [2.24, 2.45) is 0 Å². The molecule has 0 amide bonds. The van der Waals surface area contributed by atoms with Gasteiger partial charge in [-0.3, -0.25) is 0 Å². The second-order valence-electron chi connectivity index (χ2n) is 2.67. The minimum atomic E-state index is -2.87. The molecule has 11 heavy (non-hydrogen) atoms. The smallest absolute Gasteiger partial charge is 0.148 e. The molecule has 0 aromatic heterocycles. The Labute approximate surface area is 67.5 Å². The van der Waals surface area contributed by atoms with Gasteiger partial charge in [0, 0.05) is 18.8 Å². The summed E-state index contributed by atoms with van der Waals surface area (Å²) in [7, 11) is -2.87. The number of nitrogens with one attached hydrogen (secondary N) is 1. The molecule has 0 aliphatic carbocycles. The summed E-state index contributed by atoms with van der Waals surface area (Å²) in [6.07, 6.45) is 1.19. The first kappa shape index (κ1) is 10.9. The summed E-state index contributed by atoms with van der Waals surface area (Å²) in [5.41, 5.74) is 0. The van der Waals surface area contributed by atoms with Crippen molar-refractivity contribution in [1.29, 1.82) is 0 Å². The van der Waals surface area contributed by atoms with Crippen LogP contribution in [0, 0.1) is 0 Å². The Bertz CT molecular complexity index is 188. The number of sulfone groups is 1. The Kier molecular flexibility index (Phi) is 4.63. The molecule has 2 N–H and O–H groups in total. The molecule has 0 heterocycles. The van der Waals surface area contributed by atoms with Crippen LogP contribution in [0.25, 0.3) is 0 Å². The number of aliphatic hydroxyl groups is 1. The molecule has 0 aliphatic heterocycles. The second kappa shape index (κ2) is 4.69. The summed E-state index contributed by atoms with van der Waals surface area (Å²) in [4.78, 5) is 0. The maximum absolute atomic E-state index is 10.6. The van der Waals surface area contributed by atoms with Crippen LogP contribution < -0.4 is 5.32 Å². The quantitative estimate of drug-likeness (QED) is 0.571. The zero-order valence-electron chi connectivity index (χ0n) is 6.87. The van der Waals surface area contributed by atoms with E-state index in [1.165, 1.54) is 6.26 Å². The van der Waals surface area contributed by atoms with E-state index in [9.17, 15) is 8.42 Å². The Hall–Kier alpha value is -0.130. The summed E-state index contributed by atoms with van der Waals surface area (Å²) in [5, 5.41) is 11.4. The molecule has 0 saturated heterocycles. The van der Waals surface area contributed by atoms with E-state index in [1.807, 2.05) is 0 Å². The van der Waals surface area contributed by atoms with Gasteiger partial charge in [-0.25, -0.2) is 8.42 Å². The maximum Gasteiger partial charge on any atom is 0.148 e. The monoisotopic (exact) mass is 181 g/mol. The third-order valence-electron chi connectivity index (χ3n) is 1.24. The molecule has 0 saturated carbocycles. The fourth-order valence-electron chi connectivity index (χ4n) is 0.555. The van der Waals surface area contributed by atoms with Gasteiger partial charge in [-0.05, 0) is 6.92 Å². The first-order chi connectivity index (χ1) is 4.95. The normalized spacial score (nSPS) is 14.8. The van der Waals surface area contributed by atoms with Gasteiger partial charge in [0.2, 0.25) is 0 Å². The van der Waals surface area contributed by atoms with Gasteiger partial charge in [0.15, 0.2) is 0 Å². The van der Waals surface area contributed by atoms with Crippen LogP contribution in [0.5, 0.6) is 0 Å². The lowest BCUT2D eigenvalue weighted by molar-refractivity contribution is 0.253. The first-order valence-electron chi connectivity index (χ1n) is 3.47. The lowest BCUT2D eigenvalue weighted by Gasteiger charge is -2.08. The van der Waals surface area contributed by atoms with Gasteiger partial charge in [0.1, 0.15) is 9.84 Å². The van der Waals surface area contributed by atoms with E-state index in [1.54, 1.807) is 6.92 Å². The van der Waals surface area contributed by atoms with Gasteiger partial charge in [0.25, 0.3) is 0 Å². The minimum absolute atomic E-state index is 0.0308. The Morgan fingerprint density at radius 3 is 2.45 bits per heavy atom. The third kappa shape index (κ3) is 7.77. The molecular formula is C6H15NO3S. The van der Waals surface area contributed by atoms with E-state index >= 15 is 0 Å². The predicted octanol–water partition coefficient (Wildman–Crippen LogP) is -0.999. The maximum atomic E-state index is 10.6. The highest BCUT2D eigenvalue weighted by molar-refractivity contribution is 7.90. The van der Waals surface area contributed by atoms with E-state index in [4.69, 9.17) is 5.11 Å². The van der Waals surface area contributed by atoms with Crippen LogP contribution in [-0.4, -0.2) is 44.7 Å². The van der Waals surface area contributed by atoms with Crippen molar-refractivity contribution in [3.05, 3.63) is 0 Å². The second-order valence-corrected chi connectivity index (χ2v) is 4.93. The molecule has 1 atom stereocenters. The lowest BCUT2D eigenvalue weighted by Crippen LogP contribution is -2.33. The fraction of sp³-hybridized carbons (Fsp3) is 1.00. The summed E-state index contributed by atoms with van der Waals surface area (Å²) in [6, 6.07) is -0.0308. The van der Waals surface area contributed by atoms with Gasteiger partial charge >= 0.3 is 0 Å². The molecule has 0 radical (unpaired) electrons. The highest BCUT2D eigenvalue weighted by Gasteiger charge is 2.02. The Balaban J connectivity index is 3.43. The molecule has 0 fully saturated rings. The Morgan fingerprint density at radius 2 is 2.09 bits per heavy atom. The van der Waals surface area contributed by atoms with E-state index in [0.29, 0.717) is 6.54 Å². The first-order valence-corrected chi connectivity index (χ1v) is 5.53. The van der Waals surface area contributed by atoms with Crippen molar-refractivity contribution >= 4 is 9.84 Å². The molecule has 0 aromatic carbocycles. The molecule has 4 nitrogen and oxygen atoms in total. The van der Waals surface area contributed by atoms with Gasteiger partial charge in [-0.1, -0.05) is 0 Å². The van der Waals surface area contributed by atoms with Crippen molar-refractivity contribution in [2.45, 2.75) is 13.0 Å². The van der Waals surface area contributed by atoms with Crippen LogP contribution in [-0.2, 0) is 9.84 Å². The SMILES string of the molecule is CC(CO)NCCS(C)(=O)=O. The number of rotatable bonds is 5. The summed E-state index contributed by atoms with van der Waals surface area (Å²) in [5.74, 6) is 0.122. The van der Waals surface area contributed by atoms with Crippen LogP contribution in [0.15, 0.2) is 0 Å². The summed E-state index contributed by atoms with van der Waals surface area (Å²) in [6.45, 7) is 2.23. The Morgan fingerprint density at radius 1 is 1.55 bits per heavy atom. The van der Waals surface area contributed by atoms with Crippen molar-refractivity contribution in [3.63, 3.8) is 0 Å². The van der Waals surface area contributed by atoms with Crippen LogP contribution >= 0.6 is 0 Å². The molecule has 0 aliphatic rings. The molecule has 0 rings (SSSR count). The summed E-state index contributed by atoms with van der Waals surface area (Å²) >= 11 is 0. The number of aliphatic hydroxyl groups excluding tert-OH is 1.